The van der Waals surface area contributed by atoms with E-state index in [0.717, 1.165) is 44.4 Å². The summed E-state index contributed by atoms with van der Waals surface area (Å²) in [6.45, 7) is 16.9. The van der Waals surface area contributed by atoms with Crippen LogP contribution in [0.2, 0.25) is 0 Å². The Bertz CT molecular complexity index is 1470. The van der Waals surface area contributed by atoms with Gasteiger partial charge in [0.25, 0.3) is 0 Å². The predicted molar refractivity (Wildman–Crippen MR) is 187 cm³/mol. The van der Waals surface area contributed by atoms with Crippen molar-refractivity contribution in [2.24, 2.45) is 0 Å². The third kappa shape index (κ3) is 17.0. The van der Waals surface area contributed by atoms with Crippen molar-refractivity contribution >= 4 is 50.3 Å². The Balaban J connectivity index is 0.000000292. The first-order valence-corrected chi connectivity index (χ1v) is 17.5. The summed E-state index contributed by atoms with van der Waals surface area (Å²) in [5, 5.41) is 3.18. The molecule has 286 valence electrons. The minimum Gasteiger partial charge on any atom is -0.444 e. The van der Waals surface area contributed by atoms with Crippen molar-refractivity contribution in [2.45, 2.75) is 71.6 Å². The minimum atomic E-state index is -4.42. The molecule has 0 spiro atoms. The van der Waals surface area contributed by atoms with Crippen LogP contribution in [0.25, 0.3) is 0 Å². The lowest BCUT2D eigenvalue weighted by molar-refractivity contribution is -0.138. The van der Waals surface area contributed by atoms with Gasteiger partial charge in [0.2, 0.25) is 0 Å². The van der Waals surface area contributed by atoms with Crippen LogP contribution < -0.4 is 5.32 Å². The quantitative estimate of drug-likeness (QED) is 0.244. The van der Waals surface area contributed by atoms with Gasteiger partial charge >= 0.3 is 24.5 Å². The Morgan fingerprint density at radius 2 is 1.12 bits per heavy atom. The van der Waals surface area contributed by atoms with Crippen molar-refractivity contribution in [3.8, 4) is 0 Å². The van der Waals surface area contributed by atoms with Gasteiger partial charge in [0.15, 0.2) is 0 Å². The van der Waals surface area contributed by atoms with Crippen LogP contribution in [0, 0.1) is 0 Å². The molecule has 2 aliphatic heterocycles. The van der Waals surface area contributed by atoms with Crippen molar-refractivity contribution in [1.29, 1.82) is 0 Å². The van der Waals surface area contributed by atoms with Gasteiger partial charge in [-0.3, -0.25) is 9.69 Å². The number of rotatable bonds is 3. The second-order valence-corrected chi connectivity index (χ2v) is 15.5. The fraction of sp³-hybridized carbons (Fsp3) is 0.559. The van der Waals surface area contributed by atoms with E-state index in [2.05, 4.69) is 37.2 Å². The number of hydrogen-bond acceptors (Lipinski definition) is 7. The van der Waals surface area contributed by atoms with Crippen LogP contribution in [0.4, 0.5) is 35.9 Å². The van der Waals surface area contributed by atoms with Crippen molar-refractivity contribution < 1.29 is 50.2 Å². The number of nitrogens with zero attached hydrogens (tertiary/aromatic N) is 3. The lowest BCUT2D eigenvalue weighted by Gasteiger charge is -2.35. The highest BCUT2D eigenvalue weighted by Crippen LogP contribution is 2.33. The molecule has 0 atom stereocenters. The molecule has 51 heavy (non-hydrogen) atoms. The van der Waals surface area contributed by atoms with Crippen LogP contribution in [0.3, 0.4) is 0 Å². The smallest absolute Gasteiger partial charge is 0.416 e. The van der Waals surface area contributed by atoms with Crippen molar-refractivity contribution in [1.82, 2.24) is 20.0 Å². The average Bonchev–Trinajstić information content (AvgIpc) is 2.99. The molecule has 1 N–H and O–H groups in total. The van der Waals surface area contributed by atoms with Crippen molar-refractivity contribution in [3.05, 3.63) is 67.6 Å². The van der Waals surface area contributed by atoms with Crippen molar-refractivity contribution in [2.75, 3.05) is 52.4 Å². The monoisotopic (exact) mass is 860 g/mol. The van der Waals surface area contributed by atoms with E-state index < -0.39 is 29.1 Å². The van der Waals surface area contributed by atoms with Crippen LogP contribution in [-0.2, 0) is 28.4 Å². The van der Waals surface area contributed by atoms with Gasteiger partial charge in [-0.1, -0.05) is 31.9 Å². The predicted octanol–water partition coefficient (Wildman–Crippen LogP) is 8.63. The molecule has 4 rings (SSSR count). The van der Waals surface area contributed by atoms with E-state index in [-0.39, 0.29) is 27.8 Å². The largest absolute Gasteiger partial charge is 0.444 e. The van der Waals surface area contributed by atoms with Crippen LogP contribution >= 0.6 is 31.9 Å². The van der Waals surface area contributed by atoms with Gasteiger partial charge in [0.05, 0.1) is 11.1 Å². The second-order valence-electron chi connectivity index (χ2n) is 13.7. The Morgan fingerprint density at radius 3 is 1.55 bits per heavy atom. The summed E-state index contributed by atoms with van der Waals surface area (Å²) in [7, 11) is 0. The molecule has 0 radical (unpaired) electrons. The van der Waals surface area contributed by atoms with E-state index in [9.17, 15) is 40.7 Å². The summed E-state index contributed by atoms with van der Waals surface area (Å²) in [5.74, 6) is 0. The lowest BCUT2D eigenvalue weighted by atomic mass is 10.1. The van der Waals surface area contributed by atoms with Gasteiger partial charge in [-0.05, 0) is 83.5 Å². The fourth-order valence-electron chi connectivity index (χ4n) is 4.60. The zero-order chi connectivity index (χ0) is 38.8. The molecular weight excluding hydrogens is 818 g/mol. The number of amides is 2. The summed E-state index contributed by atoms with van der Waals surface area (Å²) in [6.07, 6.45) is -8.96. The Morgan fingerprint density at radius 1 is 0.686 bits per heavy atom. The van der Waals surface area contributed by atoms with Crippen LogP contribution in [-0.4, -0.2) is 96.7 Å². The molecule has 0 unspecified atom stereocenters. The maximum Gasteiger partial charge on any atom is 0.416 e. The molecule has 0 saturated carbocycles. The fourth-order valence-corrected chi connectivity index (χ4v) is 5.65. The first-order valence-electron chi connectivity index (χ1n) is 15.9. The molecule has 0 aromatic heterocycles. The number of alkyl halides is 6. The van der Waals surface area contributed by atoms with Gasteiger partial charge in [0.1, 0.15) is 17.5 Å². The number of nitrogens with one attached hydrogen (secondary N) is 1. The molecule has 2 aromatic carbocycles. The third-order valence-corrected chi connectivity index (χ3v) is 7.78. The first kappa shape index (κ1) is 44.3. The number of ether oxygens (including phenoxy) is 2. The average molecular weight is 863 g/mol. The van der Waals surface area contributed by atoms with Crippen LogP contribution in [0.5, 0.6) is 0 Å². The molecular formula is C34H44Br2F6N4O5. The van der Waals surface area contributed by atoms with E-state index in [4.69, 9.17) is 9.47 Å². The Kier molecular flexibility index (Phi) is 16.3. The highest BCUT2D eigenvalue weighted by molar-refractivity contribution is 9.10. The molecule has 2 aliphatic rings. The van der Waals surface area contributed by atoms with E-state index in [1.165, 1.54) is 12.1 Å². The van der Waals surface area contributed by atoms with Crippen LogP contribution in [0.1, 0.15) is 68.6 Å². The molecule has 2 aromatic rings. The molecule has 9 nitrogen and oxygen atoms in total. The summed E-state index contributed by atoms with van der Waals surface area (Å²) < 4.78 is 86.4. The van der Waals surface area contributed by atoms with E-state index in [1.54, 1.807) is 15.9 Å². The van der Waals surface area contributed by atoms with Gasteiger partial charge in [-0.2, -0.15) is 26.3 Å². The van der Waals surface area contributed by atoms with Gasteiger partial charge in [0, 0.05) is 73.4 Å². The minimum absolute atomic E-state index is 0.00157. The zero-order valence-corrected chi connectivity index (χ0v) is 32.5. The summed E-state index contributed by atoms with van der Waals surface area (Å²) in [6, 6.07) is 6.98. The van der Waals surface area contributed by atoms with E-state index in [1.807, 2.05) is 46.4 Å². The number of benzene rings is 2. The third-order valence-electron chi connectivity index (χ3n) is 6.87. The number of hydrogen-bond donors (Lipinski definition) is 1. The second kappa shape index (κ2) is 18.7. The van der Waals surface area contributed by atoms with Gasteiger partial charge in [-0.15, -0.1) is 0 Å². The van der Waals surface area contributed by atoms with Gasteiger partial charge < -0.3 is 24.6 Å². The number of halogens is 8. The molecule has 0 aliphatic carbocycles. The van der Waals surface area contributed by atoms with E-state index in [0.29, 0.717) is 49.0 Å². The highest BCUT2D eigenvalue weighted by atomic mass is 79.9. The zero-order valence-electron chi connectivity index (χ0n) is 29.3. The molecule has 2 fully saturated rings. The normalized spacial score (nSPS) is 15.9. The maximum atomic E-state index is 12.9. The topological polar surface area (TPSA) is 91.4 Å². The summed E-state index contributed by atoms with van der Waals surface area (Å²) in [4.78, 5) is 39.2. The standard InChI is InChI=1S/C17H22BrF3N2O2.C9H18N2O2.C8H4BrF3O/c1-16(2,3)25-15(24)23-6-4-22(5-7-23)11-12-8-13(17(19,20)21)10-14(18)9-12;1-9(2,3)13-8(12)11-6-4-10-5-7-11;9-7-2-5(4-13)1-6(3-7)8(10,11)12/h8-10H,4-7,11H2,1-3H3;10H,4-7H2,1-3H3;1-4H. The molecule has 2 saturated heterocycles. The highest BCUT2D eigenvalue weighted by Gasteiger charge is 2.32. The number of carbonyl (C=O) groups is 3. The summed E-state index contributed by atoms with van der Waals surface area (Å²) in [5.41, 5.74) is -1.83. The lowest BCUT2D eigenvalue weighted by Crippen LogP contribution is -2.49. The first-order chi connectivity index (χ1) is 23.4. The van der Waals surface area contributed by atoms with Crippen molar-refractivity contribution in [3.63, 3.8) is 0 Å². The van der Waals surface area contributed by atoms with Gasteiger partial charge in [-0.25, -0.2) is 9.59 Å². The number of aldehydes is 1. The number of piperazine rings is 2. The van der Waals surface area contributed by atoms with E-state index >= 15 is 0 Å². The number of carbonyl (C=O) groups excluding carboxylic acids is 3. The molecule has 0 bridgehead atoms. The molecule has 2 heterocycles. The Hall–Kier alpha value is -2.89. The molecule has 17 heteroatoms. The summed E-state index contributed by atoms with van der Waals surface area (Å²) >= 11 is 6.03. The maximum absolute atomic E-state index is 12.9. The Labute approximate surface area is 311 Å². The molecule has 2 amide bonds. The van der Waals surface area contributed by atoms with Crippen LogP contribution in [0.15, 0.2) is 45.3 Å². The SMILES string of the molecule is CC(C)(C)OC(=O)N1CCN(Cc2cc(Br)cc(C(F)(F)F)c2)CC1.CC(C)(C)OC(=O)N1CCNCC1.O=Cc1cc(Br)cc(C(F)(F)F)c1.